The molecular formula is C20H25N3O2. The average Bonchev–Trinajstić information content (AvgIpc) is 3.30. The van der Waals surface area contributed by atoms with Gasteiger partial charge in [-0.3, -0.25) is 9.59 Å². The van der Waals surface area contributed by atoms with Crippen LogP contribution < -0.4 is 5.56 Å². The van der Waals surface area contributed by atoms with Crippen molar-refractivity contribution in [2.24, 2.45) is 11.8 Å². The van der Waals surface area contributed by atoms with Crippen molar-refractivity contribution >= 4 is 5.91 Å². The van der Waals surface area contributed by atoms with E-state index in [0.717, 1.165) is 12.1 Å². The molecule has 3 rings (SSSR count). The maximum absolute atomic E-state index is 12.8. The molecule has 1 aromatic carbocycles. The van der Waals surface area contributed by atoms with E-state index >= 15 is 0 Å². The highest BCUT2D eigenvalue weighted by molar-refractivity contribution is 5.76. The molecule has 1 saturated carbocycles. The number of benzene rings is 1. The first kappa shape index (κ1) is 17.4. The van der Waals surface area contributed by atoms with E-state index in [1.165, 1.54) is 17.2 Å². The standard InChI is InChI=1S/C20H25N3O2/c1-14(2)22(12-17-11-15(17)3)20(25)13-23-19(24)10-9-18(21-23)16-7-5-4-6-8-16/h4-10,14-15,17H,11-13H2,1-3H3. The molecule has 1 amide bonds. The maximum atomic E-state index is 12.8. The quantitative estimate of drug-likeness (QED) is 0.813. The lowest BCUT2D eigenvalue weighted by atomic mass is 10.1. The molecule has 0 radical (unpaired) electrons. The molecule has 5 heteroatoms. The van der Waals surface area contributed by atoms with Crippen LogP contribution in [0.4, 0.5) is 0 Å². The van der Waals surface area contributed by atoms with Crippen LogP contribution in [0.25, 0.3) is 11.3 Å². The number of rotatable bonds is 6. The summed E-state index contributed by atoms with van der Waals surface area (Å²) in [7, 11) is 0. The molecule has 0 spiro atoms. The lowest BCUT2D eigenvalue weighted by molar-refractivity contribution is -0.134. The van der Waals surface area contributed by atoms with Crippen molar-refractivity contribution in [3.8, 4) is 11.3 Å². The number of carbonyl (C=O) groups is 1. The van der Waals surface area contributed by atoms with E-state index < -0.39 is 0 Å². The van der Waals surface area contributed by atoms with Crippen LogP contribution in [0.5, 0.6) is 0 Å². The third-order valence-corrected chi connectivity index (χ3v) is 4.87. The summed E-state index contributed by atoms with van der Waals surface area (Å²) in [5.41, 5.74) is 1.37. The van der Waals surface area contributed by atoms with Crippen LogP contribution in [0.2, 0.25) is 0 Å². The third kappa shape index (κ3) is 4.16. The molecule has 0 N–H and O–H groups in total. The first-order valence-electron chi connectivity index (χ1n) is 8.88. The summed E-state index contributed by atoms with van der Waals surface area (Å²) in [5, 5.41) is 4.39. The van der Waals surface area contributed by atoms with Gasteiger partial charge in [0.05, 0.1) is 5.69 Å². The lowest BCUT2D eigenvalue weighted by Gasteiger charge is -2.27. The molecular weight excluding hydrogens is 314 g/mol. The van der Waals surface area contributed by atoms with E-state index in [-0.39, 0.29) is 24.1 Å². The van der Waals surface area contributed by atoms with Gasteiger partial charge in [-0.25, -0.2) is 4.68 Å². The Balaban J connectivity index is 1.79. The second-order valence-electron chi connectivity index (χ2n) is 7.19. The van der Waals surface area contributed by atoms with Crippen molar-refractivity contribution in [1.82, 2.24) is 14.7 Å². The number of amides is 1. The van der Waals surface area contributed by atoms with E-state index in [9.17, 15) is 9.59 Å². The first-order valence-corrected chi connectivity index (χ1v) is 8.88. The highest BCUT2D eigenvalue weighted by Gasteiger charge is 2.35. The monoisotopic (exact) mass is 339 g/mol. The zero-order chi connectivity index (χ0) is 18.0. The lowest BCUT2D eigenvalue weighted by Crippen LogP contribution is -2.42. The molecule has 25 heavy (non-hydrogen) atoms. The Labute approximate surface area is 148 Å². The number of hydrogen-bond acceptors (Lipinski definition) is 3. The molecule has 1 fully saturated rings. The molecule has 0 bridgehead atoms. The van der Waals surface area contributed by atoms with Crippen LogP contribution in [0, 0.1) is 11.8 Å². The number of hydrogen-bond donors (Lipinski definition) is 0. The number of aromatic nitrogens is 2. The minimum absolute atomic E-state index is 0.0151. The second-order valence-corrected chi connectivity index (χ2v) is 7.19. The molecule has 1 aliphatic carbocycles. The Hall–Kier alpha value is -2.43. The first-order chi connectivity index (χ1) is 12.0. The Morgan fingerprint density at radius 1 is 1.24 bits per heavy atom. The maximum Gasteiger partial charge on any atom is 0.267 e. The highest BCUT2D eigenvalue weighted by Crippen LogP contribution is 2.38. The van der Waals surface area contributed by atoms with E-state index in [2.05, 4.69) is 12.0 Å². The van der Waals surface area contributed by atoms with Gasteiger partial charge < -0.3 is 4.90 Å². The van der Waals surface area contributed by atoms with Crippen LogP contribution in [0.15, 0.2) is 47.3 Å². The van der Waals surface area contributed by atoms with Crippen molar-refractivity contribution in [2.45, 2.75) is 39.8 Å². The summed E-state index contributed by atoms with van der Waals surface area (Å²) < 4.78 is 1.27. The largest absolute Gasteiger partial charge is 0.338 e. The summed E-state index contributed by atoms with van der Waals surface area (Å²) in [4.78, 5) is 26.8. The molecule has 2 unspecified atom stereocenters. The van der Waals surface area contributed by atoms with Gasteiger partial charge in [-0.05, 0) is 38.2 Å². The molecule has 0 saturated heterocycles. The topological polar surface area (TPSA) is 55.2 Å². The van der Waals surface area contributed by atoms with Gasteiger partial charge in [0, 0.05) is 24.2 Å². The van der Waals surface area contributed by atoms with E-state index in [1.807, 2.05) is 49.1 Å². The van der Waals surface area contributed by atoms with Gasteiger partial charge in [-0.2, -0.15) is 5.10 Å². The van der Waals surface area contributed by atoms with Crippen molar-refractivity contribution < 1.29 is 4.79 Å². The molecule has 132 valence electrons. The van der Waals surface area contributed by atoms with Crippen LogP contribution >= 0.6 is 0 Å². The van der Waals surface area contributed by atoms with E-state index in [4.69, 9.17) is 0 Å². The van der Waals surface area contributed by atoms with Gasteiger partial charge in [0.1, 0.15) is 6.54 Å². The van der Waals surface area contributed by atoms with Crippen molar-refractivity contribution in [3.63, 3.8) is 0 Å². The highest BCUT2D eigenvalue weighted by atomic mass is 16.2. The fourth-order valence-electron chi connectivity index (χ4n) is 3.05. The predicted octanol–water partition coefficient (Wildman–Crippen LogP) is 2.80. The van der Waals surface area contributed by atoms with Gasteiger partial charge >= 0.3 is 0 Å². The molecule has 1 aromatic heterocycles. The molecule has 1 aliphatic rings. The minimum atomic E-state index is -0.253. The van der Waals surface area contributed by atoms with Crippen LogP contribution in [0.3, 0.4) is 0 Å². The molecule has 0 aliphatic heterocycles. The zero-order valence-corrected chi connectivity index (χ0v) is 15.1. The average molecular weight is 339 g/mol. The molecule has 5 nitrogen and oxygen atoms in total. The summed E-state index contributed by atoms with van der Waals surface area (Å²) in [6.07, 6.45) is 1.18. The van der Waals surface area contributed by atoms with Gasteiger partial charge in [-0.15, -0.1) is 0 Å². The Kier molecular flexibility index (Phi) is 5.02. The smallest absolute Gasteiger partial charge is 0.267 e. The second kappa shape index (κ2) is 7.21. The van der Waals surface area contributed by atoms with E-state index in [0.29, 0.717) is 17.5 Å². The molecule has 1 heterocycles. The number of nitrogens with zero attached hydrogens (tertiary/aromatic N) is 3. The van der Waals surface area contributed by atoms with E-state index in [1.54, 1.807) is 6.07 Å². The third-order valence-electron chi connectivity index (χ3n) is 4.87. The summed E-state index contributed by atoms with van der Waals surface area (Å²) in [6, 6.07) is 13.0. The molecule has 2 atom stereocenters. The summed E-state index contributed by atoms with van der Waals surface area (Å²) in [5.74, 6) is 1.23. The van der Waals surface area contributed by atoms with Crippen molar-refractivity contribution in [1.29, 1.82) is 0 Å². The fraction of sp³-hybridized carbons (Fsp3) is 0.450. The normalized spacial score (nSPS) is 19.0. The predicted molar refractivity (Wildman–Crippen MR) is 98.1 cm³/mol. The summed E-state index contributed by atoms with van der Waals surface area (Å²) >= 11 is 0. The van der Waals surface area contributed by atoms with Gasteiger partial charge in [0.2, 0.25) is 5.91 Å². The Bertz CT molecular complexity index is 798. The van der Waals surface area contributed by atoms with Crippen molar-refractivity contribution in [3.05, 3.63) is 52.8 Å². The zero-order valence-electron chi connectivity index (χ0n) is 15.1. The Morgan fingerprint density at radius 2 is 1.92 bits per heavy atom. The van der Waals surface area contributed by atoms with Gasteiger partial charge in [0.15, 0.2) is 0 Å². The minimum Gasteiger partial charge on any atom is -0.338 e. The SMILES string of the molecule is CC1CC1CN(C(=O)Cn1nc(-c2ccccc2)ccc1=O)C(C)C. The van der Waals surface area contributed by atoms with Crippen molar-refractivity contribution in [2.75, 3.05) is 6.54 Å². The Morgan fingerprint density at radius 3 is 2.52 bits per heavy atom. The van der Waals surface area contributed by atoms with Gasteiger partial charge in [0.25, 0.3) is 5.56 Å². The van der Waals surface area contributed by atoms with Crippen LogP contribution in [-0.4, -0.2) is 33.2 Å². The summed E-state index contributed by atoms with van der Waals surface area (Å²) in [6.45, 7) is 7.00. The van der Waals surface area contributed by atoms with Crippen LogP contribution in [0.1, 0.15) is 27.2 Å². The number of carbonyl (C=O) groups excluding carboxylic acids is 1. The van der Waals surface area contributed by atoms with Gasteiger partial charge in [-0.1, -0.05) is 37.3 Å². The fourth-order valence-corrected chi connectivity index (χ4v) is 3.05. The molecule has 2 aromatic rings. The van der Waals surface area contributed by atoms with Crippen LogP contribution in [-0.2, 0) is 11.3 Å².